The predicted molar refractivity (Wildman–Crippen MR) is 84.4 cm³/mol. The van der Waals surface area contributed by atoms with Crippen LogP contribution in [-0.2, 0) is 0 Å². The maximum Gasteiger partial charge on any atom is 0.275 e. The normalized spacial score (nSPS) is 10.5. The number of nitrogens with one attached hydrogen (secondary N) is 1. The van der Waals surface area contributed by atoms with Crippen LogP contribution in [0.4, 0.5) is 0 Å². The molecule has 0 saturated carbocycles. The van der Waals surface area contributed by atoms with Crippen LogP contribution in [0.5, 0.6) is 23.0 Å². The predicted octanol–water partition coefficient (Wildman–Crippen LogP) is 1.88. The minimum Gasteiger partial charge on any atom is -0.504 e. The topological polar surface area (TPSA) is 100 Å². The average Bonchev–Trinajstić information content (AvgIpc) is 2.57. The highest BCUT2D eigenvalue weighted by atomic mass is 16.5. The smallest absolute Gasteiger partial charge is 0.275 e. The summed E-state index contributed by atoms with van der Waals surface area (Å²) in [5.41, 5.74) is 3.18. The summed E-state index contributed by atoms with van der Waals surface area (Å²) in [5.74, 6) is -0.0178. The van der Waals surface area contributed by atoms with Crippen LogP contribution < -0.4 is 14.9 Å². The van der Waals surface area contributed by atoms with Crippen molar-refractivity contribution in [2.75, 3.05) is 14.2 Å². The van der Waals surface area contributed by atoms with E-state index in [1.54, 1.807) is 24.3 Å². The van der Waals surface area contributed by atoms with Crippen LogP contribution in [-0.4, -0.2) is 36.6 Å². The summed E-state index contributed by atoms with van der Waals surface area (Å²) in [6, 6.07) is 8.98. The Balaban J connectivity index is 2.10. The highest BCUT2D eigenvalue weighted by Gasteiger charge is 2.12. The molecule has 2 rings (SSSR count). The van der Waals surface area contributed by atoms with E-state index in [-0.39, 0.29) is 11.5 Å². The van der Waals surface area contributed by atoms with Crippen molar-refractivity contribution in [3.05, 3.63) is 47.5 Å². The number of nitrogens with zero attached hydrogens (tertiary/aromatic N) is 1. The quantitative estimate of drug-likeness (QED) is 0.444. The maximum absolute atomic E-state index is 12.1. The number of benzene rings is 2. The molecule has 120 valence electrons. The number of carbonyl (C=O) groups excluding carboxylic acids is 1. The number of aromatic hydroxyl groups is 2. The van der Waals surface area contributed by atoms with Crippen molar-refractivity contribution in [3.63, 3.8) is 0 Å². The Labute approximate surface area is 132 Å². The van der Waals surface area contributed by atoms with Gasteiger partial charge in [0.05, 0.1) is 26.0 Å². The zero-order valence-corrected chi connectivity index (χ0v) is 12.6. The summed E-state index contributed by atoms with van der Waals surface area (Å²) in [6.45, 7) is 0. The van der Waals surface area contributed by atoms with Gasteiger partial charge in [-0.2, -0.15) is 5.10 Å². The van der Waals surface area contributed by atoms with E-state index in [4.69, 9.17) is 9.47 Å². The van der Waals surface area contributed by atoms with Crippen LogP contribution in [0.3, 0.4) is 0 Å². The van der Waals surface area contributed by atoms with Crippen LogP contribution in [0.25, 0.3) is 0 Å². The minimum atomic E-state index is -0.455. The van der Waals surface area contributed by atoms with Crippen molar-refractivity contribution >= 4 is 12.1 Å². The SMILES string of the molecule is COc1ccc(C(=O)N/N=C/c2ccc(O)c(O)c2)c(OC)c1. The molecule has 0 atom stereocenters. The van der Waals surface area contributed by atoms with Crippen LogP contribution in [0.15, 0.2) is 41.5 Å². The van der Waals surface area contributed by atoms with E-state index in [1.165, 1.54) is 32.6 Å². The number of ether oxygens (including phenoxy) is 2. The van der Waals surface area contributed by atoms with E-state index >= 15 is 0 Å². The first kappa shape index (κ1) is 16.2. The standard InChI is InChI=1S/C16H16N2O5/c1-22-11-4-5-12(15(8-11)23-2)16(21)18-17-9-10-3-6-13(19)14(20)7-10/h3-9,19-20H,1-2H3,(H,18,21)/b17-9+. The molecule has 0 unspecified atom stereocenters. The van der Waals surface area contributed by atoms with Gasteiger partial charge in [-0.25, -0.2) is 5.43 Å². The Kier molecular flexibility index (Phi) is 5.03. The number of methoxy groups -OCH3 is 2. The van der Waals surface area contributed by atoms with Gasteiger partial charge < -0.3 is 19.7 Å². The third-order valence-corrected chi connectivity index (χ3v) is 3.03. The second kappa shape index (κ2) is 7.17. The minimum absolute atomic E-state index is 0.228. The van der Waals surface area contributed by atoms with Gasteiger partial charge in [-0.1, -0.05) is 0 Å². The number of amides is 1. The lowest BCUT2D eigenvalue weighted by molar-refractivity contribution is 0.0952. The summed E-state index contributed by atoms with van der Waals surface area (Å²) < 4.78 is 10.2. The van der Waals surface area contributed by atoms with Crippen molar-refractivity contribution in [3.8, 4) is 23.0 Å². The van der Waals surface area contributed by atoms with E-state index in [2.05, 4.69) is 10.5 Å². The Bertz CT molecular complexity index is 743. The molecule has 0 bridgehead atoms. The van der Waals surface area contributed by atoms with Crippen LogP contribution in [0.1, 0.15) is 15.9 Å². The van der Waals surface area contributed by atoms with Gasteiger partial charge in [0.15, 0.2) is 11.5 Å². The zero-order chi connectivity index (χ0) is 16.8. The Hall–Kier alpha value is -3.22. The summed E-state index contributed by atoms with van der Waals surface area (Å²) in [5, 5.41) is 22.4. The second-order valence-corrected chi connectivity index (χ2v) is 4.51. The molecule has 0 fully saturated rings. The van der Waals surface area contributed by atoms with Crippen molar-refractivity contribution in [1.82, 2.24) is 5.43 Å². The van der Waals surface area contributed by atoms with Gasteiger partial charge >= 0.3 is 0 Å². The molecule has 0 saturated heterocycles. The molecule has 23 heavy (non-hydrogen) atoms. The van der Waals surface area contributed by atoms with Crippen LogP contribution >= 0.6 is 0 Å². The van der Waals surface area contributed by atoms with E-state index in [0.29, 0.717) is 22.6 Å². The van der Waals surface area contributed by atoms with Crippen LogP contribution in [0, 0.1) is 0 Å². The van der Waals surface area contributed by atoms with Gasteiger partial charge in [0, 0.05) is 6.07 Å². The molecule has 1 amide bonds. The molecule has 7 heteroatoms. The fourth-order valence-corrected chi connectivity index (χ4v) is 1.83. The fourth-order valence-electron chi connectivity index (χ4n) is 1.83. The van der Waals surface area contributed by atoms with Gasteiger partial charge in [0.2, 0.25) is 0 Å². The largest absolute Gasteiger partial charge is 0.504 e. The van der Waals surface area contributed by atoms with Gasteiger partial charge in [0.1, 0.15) is 11.5 Å². The van der Waals surface area contributed by atoms with Gasteiger partial charge in [-0.05, 0) is 35.9 Å². The van der Waals surface area contributed by atoms with Crippen LogP contribution in [0.2, 0.25) is 0 Å². The molecule has 0 aliphatic heterocycles. The van der Waals surface area contributed by atoms with Crippen molar-refractivity contribution in [1.29, 1.82) is 0 Å². The highest BCUT2D eigenvalue weighted by molar-refractivity contribution is 5.97. The summed E-state index contributed by atoms with van der Waals surface area (Å²) in [4.78, 5) is 12.1. The Morgan fingerprint density at radius 2 is 1.87 bits per heavy atom. The number of phenolic OH excluding ortho intramolecular Hbond substituents is 2. The van der Waals surface area contributed by atoms with E-state index < -0.39 is 5.91 Å². The Morgan fingerprint density at radius 1 is 1.09 bits per heavy atom. The van der Waals surface area contributed by atoms with Crippen molar-refractivity contribution in [2.24, 2.45) is 5.10 Å². The summed E-state index contributed by atoms with van der Waals surface area (Å²) in [6.07, 6.45) is 1.34. The molecule has 2 aromatic carbocycles. The van der Waals surface area contributed by atoms with Crippen molar-refractivity contribution in [2.45, 2.75) is 0 Å². The number of rotatable bonds is 5. The number of phenols is 2. The molecular formula is C16H16N2O5. The molecule has 0 aromatic heterocycles. The highest BCUT2D eigenvalue weighted by Crippen LogP contribution is 2.25. The second-order valence-electron chi connectivity index (χ2n) is 4.51. The van der Waals surface area contributed by atoms with E-state index in [0.717, 1.165) is 0 Å². The Morgan fingerprint density at radius 3 is 2.52 bits per heavy atom. The molecular weight excluding hydrogens is 300 g/mol. The molecule has 0 spiro atoms. The first-order chi connectivity index (χ1) is 11.0. The molecule has 3 N–H and O–H groups in total. The van der Waals surface area contributed by atoms with E-state index in [9.17, 15) is 15.0 Å². The van der Waals surface area contributed by atoms with Gasteiger partial charge in [-0.3, -0.25) is 4.79 Å². The van der Waals surface area contributed by atoms with Crippen molar-refractivity contribution < 1.29 is 24.5 Å². The lowest BCUT2D eigenvalue weighted by Crippen LogP contribution is -2.18. The van der Waals surface area contributed by atoms with Gasteiger partial charge in [0.25, 0.3) is 5.91 Å². The fraction of sp³-hybridized carbons (Fsp3) is 0.125. The summed E-state index contributed by atoms with van der Waals surface area (Å²) >= 11 is 0. The van der Waals surface area contributed by atoms with E-state index in [1.807, 2.05) is 0 Å². The lowest BCUT2D eigenvalue weighted by Gasteiger charge is -2.08. The first-order valence-corrected chi connectivity index (χ1v) is 6.62. The van der Waals surface area contributed by atoms with Gasteiger partial charge in [-0.15, -0.1) is 0 Å². The summed E-state index contributed by atoms with van der Waals surface area (Å²) in [7, 11) is 2.97. The monoisotopic (exact) mass is 316 g/mol. The molecule has 0 heterocycles. The average molecular weight is 316 g/mol. The zero-order valence-electron chi connectivity index (χ0n) is 12.6. The number of hydrogen-bond donors (Lipinski definition) is 3. The number of hydrogen-bond acceptors (Lipinski definition) is 6. The molecule has 0 aliphatic carbocycles. The molecule has 0 aliphatic rings. The molecule has 2 aromatic rings. The third kappa shape index (κ3) is 3.91. The first-order valence-electron chi connectivity index (χ1n) is 6.62. The molecule has 7 nitrogen and oxygen atoms in total. The number of hydrazone groups is 1. The lowest BCUT2D eigenvalue weighted by atomic mass is 10.2. The third-order valence-electron chi connectivity index (χ3n) is 3.03. The molecule has 0 radical (unpaired) electrons. The number of carbonyl (C=O) groups is 1. The maximum atomic E-state index is 12.1.